The van der Waals surface area contributed by atoms with Gasteiger partial charge in [0.1, 0.15) is 5.75 Å². The Kier molecular flexibility index (Phi) is 5.01. The van der Waals surface area contributed by atoms with Gasteiger partial charge >= 0.3 is 0 Å². The van der Waals surface area contributed by atoms with Gasteiger partial charge in [-0.2, -0.15) is 0 Å². The Bertz CT molecular complexity index is 465. The summed E-state index contributed by atoms with van der Waals surface area (Å²) < 4.78 is 5.25. The lowest BCUT2D eigenvalue weighted by molar-refractivity contribution is 0.0913. The van der Waals surface area contributed by atoms with Gasteiger partial charge in [-0.05, 0) is 56.2 Å². The summed E-state index contributed by atoms with van der Waals surface area (Å²) in [4.78, 5) is 12.2. The molecule has 0 radical (unpaired) electrons. The lowest BCUT2D eigenvalue weighted by Crippen LogP contribution is -2.38. The number of ether oxygens (including phenoxy) is 1. The summed E-state index contributed by atoms with van der Waals surface area (Å²) in [6, 6.07) is 5.73. The first-order chi connectivity index (χ1) is 9.63. The summed E-state index contributed by atoms with van der Waals surface area (Å²) in [5.74, 6) is 1.10. The van der Waals surface area contributed by atoms with Crippen molar-refractivity contribution in [2.45, 2.75) is 38.6 Å². The summed E-state index contributed by atoms with van der Waals surface area (Å²) in [5.41, 5.74) is 1.66. The molecule has 20 heavy (non-hydrogen) atoms. The van der Waals surface area contributed by atoms with Crippen molar-refractivity contribution in [2.24, 2.45) is 5.92 Å². The number of rotatable bonds is 4. The van der Waals surface area contributed by atoms with Crippen molar-refractivity contribution in [1.82, 2.24) is 5.32 Å². The number of benzene rings is 1. The molecule has 0 bridgehead atoms. The quantitative estimate of drug-likeness (QED) is 0.887. The highest BCUT2D eigenvalue weighted by molar-refractivity contribution is 5.94. The van der Waals surface area contributed by atoms with Crippen molar-refractivity contribution >= 4 is 5.91 Å². The van der Waals surface area contributed by atoms with Crippen LogP contribution in [0.25, 0.3) is 0 Å². The summed E-state index contributed by atoms with van der Waals surface area (Å²) in [6.45, 7) is 2.21. The molecule has 1 aliphatic carbocycles. The highest BCUT2D eigenvalue weighted by Crippen LogP contribution is 2.24. The van der Waals surface area contributed by atoms with Crippen LogP contribution in [-0.4, -0.2) is 30.8 Å². The van der Waals surface area contributed by atoms with Crippen LogP contribution in [0.4, 0.5) is 0 Å². The molecule has 2 rings (SSSR count). The Morgan fingerprint density at radius 2 is 2.05 bits per heavy atom. The number of carbonyl (C=O) groups excluding carboxylic acids is 1. The molecule has 0 atom stereocenters. The van der Waals surface area contributed by atoms with E-state index in [1.807, 2.05) is 19.1 Å². The minimum atomic E-state index is -0.0456. The lowest BCUT2D eigenvalue weighted by atomic mass is 9.86. The molecule has 4 nitrogen and oxygen atoms in total. The van der Waals surface area contributed by atoms with Crippen LogP contribution in [0.15, 0.2) is 18.2 Å². The molecular weight excluding hydrogens is 254 g/mol. The third-order valence-corrected chi connectivity index (χ3v) is 4.11. The standard InChI is InChI=1S/C16H23NO3/c1-11-3-6-13(9-15(11)20-2)16(19)17-14-7-4-12(10-18)5-8-14/h3,6,9,12,14,18H,4-5,7-8,10H2,1-2H3,(H,17,19). The molecule has 2 N–H and O–H groups in total. The number of carbonyl (C=O) groups is 1. The molecule has 0 aromatic heterocycles. The van der Waals surface area contributed by atoms with Crippen molar-refractivity contribution in [3.8, 4) is 5.75 Å². The molecule has 0 heterocycles. The highest BCUT2D eigenvalue weighted by atomic mass is 16.5. The number of amides is 1. The number of aliphatic hydroxyl groups is 1. The average molecular weight is 277 g/mol. The molecule has 1 amide bonds. The molecule has 1 aliphatic rings. The van der Waals surface area contributed by atoms with Crippen LogP contribution < -0.4 is 10.1 Å². The Hall–Kier alpha value is -1.55. The molecule has 1 aromatic carbocycles. The van der Waals surface area contributed by atoms with Crippen molar-refractivity contribution in [2.75, 3.05) is 13.7 Å². The third kappa shape index (κ3) is 3.51. The third-order valence-electron chi connectivity index (χ3n) is 4.11. The predicted octanol–water partition coefficient (Wildman–Crippen LogP) is 2.28. The van der Waals surface area contributed by atoms with Crippen LogP contribution in [-0.2, 0) is 0 Å². The topological polar surface area (TPSA) is 58.6 Å². The average Bonchev–Trinajstić information content (AvgIpc) is 2.48. The zero-order valence-electron chi connectivity index (χ0n) is 12.2. The van der Waals surface area contributed by atoms with Gasteiger partial charge in [0.05, 0.1) is 7.11 Å². The Morgan fingerprint density at radius 3 is 2.65 bits per heavy atom. The molecule has 110 valence electrons. The van der Waals surface area contributed by atoms with E-state index in [-0.39, 0.29) is 18.6 Å². The van der Waals surface area contributed by atoms with Crippen LogP contribution in [0.1, 0.15) is 41.6 Å². The fraction of sp³-hybridized carbons (Fsp3) is 0.562. The number of aliphatic hydroxyl groups excluding tert-OH is 1. The van der Waals surface area contributed by atoms with E-state index < -0.39 is 0 Å². The van der Waals surface area contributed by atoms with Crippen LogP contribution in [0.3, 0.4) is 0 Å². The maximum atomic E-state index is 12.2. The molecule has 0 spiro atoms. The fourth-order valence-corrected chi connectivity index (χ4v) is 2.72. The van der Waals surface area contributed by atoms with Gasteiger partial charge in [0.25, 0.3) is 5.91 Å². The van der Waals surface area contributed by atoms with E-state index in [2.05, 4.69) is 5.32 Å². The van der Waals surface area contributed by atoms with Crippen molar-refractivity contribution in [3.05, 3.63) is 29.3 Å². The maximum Gasteiger partial charge on any atom is 0.251 e. The van der Waals surface area contributed by atoms with Gasteiger partial charge in [0, 0.05) is 18.2 Å². The number of hydrogen-bond acceptors (Lipinski definition) is 3. The minimum Gasteiger partial charge on any atom is -0.496 e. The first kappa shape index (κ1) is 14.9. The molecule has 0 unspecified atom stereocenters. The second-order valence-corrected chi connectivity index (χ2v) is 5.56. The van der Waals surface area contributed by atoms with Crippen molar-refractivity contribution in [3.63, 3.8) is 0 Å². The van der Waals surface area contributed by atoms with Crippen LogP contribution >= 0.6 is 0 Å². The monoisotopic (exact) mass is 277 g/mol. The van der Waals surface area contributed by atoms with Gasteiger partial charge in [-0.1, -0.05) is 6.07 Å². The van der Waals surface area contributed by atoms with Gasteiger partial charge in [-0.3, -0.25) is 4.79 Å². The second kappa shape index (κ2) is 6.75. The van der Waals surface area contributed by atoms with Crippen LogP contribution in [0.5, 0.6) is 5.75 Å². The second-order valence-electron chi connectivity index (χ2n) is 5.56. The number of nitrogens with one attached hydrogen (secondary N) is 1. The Morgan fingerprint density at radius 1 is 1.35 bits per heavy atom. The first-order valence-corrected chi connectivity index (χ1v) is 7.20. The van der Waals surface area contributed by atoms with E-state index >= 15 is 0 Å². The molecular formula is C16H23NO3. The number of hydrogen-bond donors (Lipinski definition) is 2. The van der Waals surface area contributed by atoms with Crippen LogP contribution in [0, 0.1) is 12.8 Å². The predicted molar refractivity (Wildman–Crippen MR) is 78.0 cm³/mol. The maximum absolute atomic E-state index is 12.2. The van der Waals surface area contributed by atoms with E-state index in [4.69, 9.17) is 9.84 Å². The summed E-state index contributed by atoms with van der Waals surface area (Å²) >= 11 is 0. The molecule has 4 heteroatoms. The normalized spacial score (nSPS) is 22.4. The smallest absolute Gasteiger partial charge is 0.251 e. The zero-order valence-corrected chi connectivity index (χ0v) is 12.2. The van der Waals surface area contributed by atoms with Crippen molar-refractivity contribution < 1.29 is 14.6 Å². The van der Waals surface area contributed by atoms with E-state index in [9.17, 15) is 4.79 Å². The summed E-state index contributed by atoms with van der Waals surface area (Å²) in [7, 11) is 1.61. The largest absolute Gasteiger partial charge is 0.496 e. The molecule has 1 saturated carbocycles. The van der Waals surface area contributed by atoms with E-state index in [0.717, 1.165) is 37.0 Å². The minimum absolute atomic E-state index is 0.0456. The molecule has 1 aromatic rings. The van der Waals surface area contributed by atoms with E-state index in [1.54, 1.807) is 13.2 Å². The van der Waals surface area contributed by atoms with Crippen molar-refractivity contribution in [1.29, 1.82) is 0 Å². The lowest BCUT2D eigenvalue weighted by Gasteiger charge is -2.28. The van der Waals surface area contributed by atoms with E-state index in [1.165, 1.54) is 0 Å². The van der Waals surface area contributed by atoms with Gasteiger partial charge < -0.3 is 15.2 Å². The highest BCUT2D eigenvalue weighted by Gasteiger charge is 2.22. The molecule has 0 saturated heterocycles. The molecule has 0 aliphatic heterocycles. The zero-order chi connectivity index (χ0) is 14.5. The molecule has 1 fully saturated rings. The Balaban J connectivity index is 1.95. The van der Waals surface area contributed by atoms with Crippen LogP contribution in [0.2, 0.25) is 0 Å². The van der Waals surface area contributed by atoms with Gasteiger partial charge in [-0.25, -0.2) is 0 Å². The van der Waals surface area contributed by atoms with Gasteiger partial charge in [0.15, 0.2) is 0 Å². The fourth-order valence-electron chi connectivity index (χ4n) is 2.72. The van der Waals surface area contributed by atoms with Gasteiger partial charge in [-0.15, -0.1) is 0 Å². The van der Waals surface area contributed by atoms with E-state index in [0.29, 0.717) is 11.5 Å². The number of methoxy groups -OCH3 is 1. The SMILES string of the molecule is COc1cc(C(=O)NC2CCC(CO)CC2)ccc1C. The Labute approximate surface area is 120 Å². The number of aryl methyl sites for hydroxylation is 1. The summed E-state index contributed by atoms with van der Waals surface area (Å²) in [5, 5.41) is 12.2. The summed E-state index contributed by atoms with van der Waals surface area (Å²) in [6.07, 6.45) is 3.86. The van der Waals surface area contributed by atoms with Gasteiger partial charge in [0.2, 0.25) is 0 Å². The first-order valence-electron chi connectivity index (χ1n) is 7.20.